The summed E-state index contributed by atoms with van der Waals surface area (Å²) in [6, 6.07) is 0. The van der Waals surface area contributed by atoms with Crippen LogP contribution in [0.3, 0.4) is 0 Å². The van der Waals surface area contributed by atoms with E-state index in [0.29, 0.717) is 11.8 Å². The van der Waals surface area contributed by atoms with E-state index in [1.54, 1.807) is 0 Å². The van der Waals surface area contributed by atoms with E-state index in [0.717, 1.165) is 24.7 Å². The van der Waals surface area contributed by atoms with Crippen LogP contribution in [-0.2, 0) is 0 Å². The molecule has 0 aliphatic heterocycles. The van der Waals surface area contributed by atoms with Crippen molar-refractivity contribution in [2.75, 3.05) is 0 Å². The molecule has 0 radical (unpaired) electrons. The molecule has 0 aromatic heterocycles. The van der Waals surface area contributed by atoms with Gasteiger partial charge in [0.05, 0.1) is 5.60 Å². The van der Waals surface area contributed by atoms with E-state index in [1.165, 1.54) is 32.1 Å². The van der Waals surface area contributed by atoms with Crippen molar-refractivity contribution in [2.24, 2.45) is 23.7 Å². The second-order valence-electron chi connectivity index (χ2n) is 6.82. The van der Waals surface area contributed by atoms with Gasteiger partial charge in [-0.05, 0) is 49.4 Å². The van der Waals surface area contributed by atoms with Crippen molar-refractivity contribution in [1.29, 1.82) is 0 Å². The average Bonchev–Trinajstić information content (AvgIpc) is 2.97. The lowest BCUT2D eigenvalue weighted by molar-refractivity contribution is -0.0876. The summed E-state index contributed by atoms with van der Waals surface area (Å²) >= 11 is 0. The molecular weight excluding hydrogens is 196 g/mol. The third-order valence-electron chi connectivity index (χ3n) is 4.85. The van der Waals surface area contributed by atoms with Crippen LogP contribution in [0.4, 0.5) is 0 Å². The van der Waals surface area contributed by atoms with Crippen molar-refractivity contribution >= 4 is 0 Å². The molecule has 2 fully saturated rings. The highest BCUT2D eigenvalue weighted by Gasteiger charge is 2.43. The molecule has 0 bridgehead atoms. The molecule has 2 aliphatic carbocycles. The van der Waals surface area contributed by atoms with Crippen molar-refractivity contribution in [2.45, 2.75) is 71.3 Å². The summed E-state index contributed by atoms with van der Waals surface area (Å²) in [4.78, 5) is 0. The van der Waals surface area contributed by atoms with Crippen LogP contribution in [0.1, 0.15) is 65.7 Å². The summed E-state index contributed by atoms with van der Waals surface area (Å²) in [5.74, 6) is 2.85. The molecular formula is C15H28O. The van der Waals surface area contributed by atoms with Gasteiger partial charge in [-0.25, -0.2) is 0 Å². The average molecular weight is 224 g/mol. The van der Waals surface area contributed by atoms with Crippen molar-refractivity contribution in [1.82, 2.24) is 0 Å². The molecule has 0 aromatic carbocycles. The summed E-state index contributed by atoms with van der Waals surface area (Å²) in [5.41, 5.74) is -0.339. The van der Waals surface area contributed by atoms with Crippen LogP contribution in [0.2, 0.25) is 0 Å². The van der Waals surface area contributed by atoms with Crippen LogP contribution in [-0.4, -0.2) is 10.7 Å². The van der Waals surface area contributed by atoms with Gasteiger partial charge in [0.15, 0.2) is 0 Å². The van der Waals surface area contributed by atoms with Crippen LogP contribution >= 0.6 is 0 Å². The van der Waals surface area contributed by atoms with Crippen LogP contribution in [0.15, 0.2) is 0 Å². The summed E-state index contributed by atoms with van der Waals surface area (Å²) in [6.45, 7) is 6.87. The summed E-state index contributed by atoms with van der Waals surface area (Å²) in [6.07, 6.45) is 8.75. The van der Waals surface area contributed by atoms with E-state index in [-0.39, 0.29) is 5.60 Å². The lowest BCUT2D eigenvalue weighted by atomic mass is 9.65. The Morgan fingerprint density at radius 3 is 2.44 bits per heavy atom. The first-order valence-electron chi connectivity index (χ1n) is 7.23. The summed E-state index contributed by atoms with van der Waals surface area (Å²) in [5, 5.41) is 10.9. The molecule has 3 atom stereocenters. The van der Waals surface area contributed by atoms with Gasteiger partial charge in [-0.1, -0.05) is 40.0 Å². The molecule has 0 amide bonds. The first-order valence-corrected chi connectivity index (χ1v) is 7.23. The van der Waals surface area contributed by atoms with Gasteiger partial charge in [-0.2, -0.15) is 0 Å². The Kier molecular flexibility index (Phi) is 3.63. The van der Waals surface area contributed by atoms with Crippen molar-refractivity contribution in [3.8, 4) is 0 Å². The van der Waals surface area contributed by atoms with Crippen LogP contribution in [0.5, 0.6) is 0 Å². The Balaban J connectivity index is 1.97. The Hall–Kier alpha value is -0.0400. The van der Waals surface area contributed by atoms with Crippen LogP contribution < -0.4 is 0 Å². The van der Waals surface area contributed by atoms with Gasteiger partial charge in [-0.15, -0.1) is 0 Å². The van der Waals surface area contributed by atoms with Crippen molar-refractivity contribution < 1.29 is 5.11 Å². The molecule has 0 aromatic rings. The van der Waals surface area contributed by atoms with Gasteiger partial charge in [-0.3, -0.25) is 0 Å². The molecule has 2 rings (SSSR count). The van der Waals surface area contributed by atoms with Crippen molar-refractivity contribution in [3.63, 3.8) is 0 Å². The van der Waals surface area contributed by atoms with Crippen LogP contribution in [0, 0.1) is 23.7 Å². The second kappa shape index (κ2) is 4.68. The van der Waals surface area contributed by atoms with E-state index in [2.05, 4.69) is 20.8 Å². The maximum absolute atomic E-state index is 10.9. The highest BCUT2D eigenvalue weighted by molar-refractivity contribution is 4.94. The predicted molar refractivity (Wildman–Crippen MR) is 68.3 cm³/mol. The van der Waals surface area contributed by atoms with E-state index < -0.39 is 0 Å². The van der Waals surface area contributed by atoms with Gasteiger partial charge in [0.1, 0.15) is 0 Å². The van der Waals surface area contributed by atoms with E-state index in [1.807, 2.05) is 0 Å². The summed E-state index contributed by atoms with van der Waals surface area (Å²) in [7, 11) is 0. The van der Waals surface area contributed by atoms with Gasteiger partial charge in [0, 0.05) is 0 Å². The molecule has 0 spiro atoms. The first kappa shape index (κ1) is 12.4. The predicted octanol–water partition coefficient (Wildman–Crippen LogP) is 4.00. The highest BCUT2D eigenvalue weighted by Crippen LogP contribution is 2.46. The van der Waals surface area contributed by atoms with E-state index in [4.69, 9.17) is 0 Å². The molecule has 0 saturated heterocycles. The van der Waals surface area contributed by atoms with Crippen LogP contribution in [0.25, 0.3) is 0 Å². The lowest BCUT2D eigenvalue weighted by Gasteiger charge is -2.45. The van der Waals surface area contributed by atoms with Gasteiger partial charge < -0.3 is 5.11 Å². The molecule has 94 valence electrons. The van der Waals surface area contributed by atoms with Crippen molar-refractivity contribution in [3.05, 3.63) is 0 Å². The molecule has 1 nitrogen and oxygen atoms in total. The molecule has 1 heteroatoms. The zero-order valence-electron chi connectivity index (χ0n) is 11.2. The normalized spacial score (nSPS) is 40.3. The fraction of sp³-hybridized carbons (Fsp3) is 1.00. The molecule has 1 N–H and O–H groups in total. The number of rotatable bonds is 4. The standard InChI is InChI=1S/C15H28O/c1-11(2)14-7-4-12(3)10-15(14,16)9-8-13-5-6-13/h11-14,16H,4-10H2,1-3H3. The molecule has 16 heavy (non-hydrogen) atoms. The fourth-order valence-electron chi connectivity index (χ4n) is 3.69. The minimum Gasteiger partial charge on any atom is -0.390 e. The zero-order valence-corrected chi connectivity index (χ0v) is 11.2. The fourth-order valence-corrected chi connectivity index (χ4v) is 3.69. The number of hydrogen-bond acceptors (Lipinski definition) is 1. The Labute approximate surface area is 101 Å². The Bertz CT molecular complexity index is 232. The topological polar surface area (TPSA) is 20.2 Å². The third-order valence-corrected chi connectivity index (χ3v) is 4.85. The largest absolute Gasteiger partial charge is 0.390 e. The Morgan fingerprint density at radius 2 is 1.88 bits per heavy atom. The summed E-state index contributed by atoms with van der Waals surface area (Å²) < 4.78 is 0. The Morgan fingerprint density at radius 1 is 1.19 bits per heavy atom. The first-order chi connectivity index (χ1) is 7.51. The number of aliphatic hydroxyl groups is 1. The maximum Gasteiger partial charge on any atom is 0.0680 e. The van der Waals surface area contributed by atoms with E-state index in [9.17, 15) is 5.11 Å². The molecule has 2 saturated carbocycles. The lowest BCUT2D eigenvalue weighted by Crippen LogP contribution is -2.45. The number of hydrogen-bond donors (Lipinski definition) is 1. The maximum atomic E-state index is 10.9. The quantitative estimate of drug-likeness (QED) is 0.765. The third kappa shape index (κ3) is 2.80. The minimum atomic E-state index is -0.339. The van der Waals surface area contributed by atoms with Gasteiger partial charge in [0.2, 0.25) is 0 Å². The minimum absolute atomic E-state index is 0.339. The smallest absolute Gasteiger partial charge is 0.0680 e. The van der Waals surface area contributed by atoms with Gasteiger partial charge >= 0.3 is 0 Å². The molecule has 0 heterocycles. The molecule has 3 unspecified atom stereocenters. The zero-order chi connectivity index (χ0) is 11.8. The molecule has 2 aliphatic rings. The van der Waals surface area contributed by atoms with E-state index >= 15 is 0 Å². The highest BCUT2D eigenvalue weighted by atomic mass is 16.3. The van der Waals surface area contributed by atoms with Gasteiger partial charge in [0.25, 0.3) is 0 Å². The SMILES string of the molecule is CC1CCC(C(C)C)C(O)(CCC2CC2)C1. The monoisotopic (exact) mass is 224 g/mol. The second-order valence-corrected chi connectivity index (χ2v) is 6.82.